The van der Waals surface area contributed by atoms with Crippen molar-refractivity contribution in [3.63, 3.8) is 0 Å². The van der Waals surface area contributed by atoms with E-state index in [4.69, 9.17) is 5.73 Å². The van der Waals surface area contributed by atoms with Crippen LogP contribution in [-0.2, 0) is 4.79 Å². The second-order valence-corrected chi connectivity index (χ2v) is 4.00. The van der Waals surface area contributed by atoms with E-state index in [0.717, 1.165) is 25.9 Å². The van der Waals surface area contributed by atoms with Gasteiger partial charge < -0.3 is 10.6 Å². The average molecular weight is 196 g/mol. The van der Waals surface area contributed by atoms with E-state index >= 15 is 0 Å². The van der Waals surface area contributed by atoms with Gasteiger partial charge in [0, 0.05) is 31.5 Å². The highest BCUT2D eigenvalue weighted by Crippen LogP contribution is 2.18. The maximum atomic E-state index is 11.5. The van der Waals surface area contributed by atoms with Crippen LogP contribution in [0.1, 0.15) is 26.2 Å². The van der Waals surface area contributed by atoms with Crippen LogP contribution in [0.15, 0.2) is 12.7 Å². The lowest BCUT2D eigenvalue weighted by Gasteiger charge is -2.18. The molecule has 0 aliphatic carbocycles. The molecule has 0 aromatic heterocycles. The SMILES string of the molecule is C=CC1CC(=O)N(CCC(N)CC)C1. The first-order valence-corrected chi connectivity index (χ1v) is 5.33. The Hall–Kier alpha value is -0.830. The minimum absolute atomic E-state index is 0.227. The van der Waals surface area contributed by atoms with Crippen molar-refractivity contribution in [2.75, 3.05) is 13.1 Å². The molecule has 2 unspecified atom stereocenters. The molecule has 3 heteroatoms. The Morgan fingerprint density at radius 2 is 2.50 bits per heavy atom. The van der Waals surface area contributed by atoms with Gasteiger partial charge in [0.2, 0.25) is 5.91 Å². The van der Waals surface area contributed by atoms with Crippen LogP contribution in [0.2, 0.25) is 0 Å². The molecule has 2 N–H and O–H groups in total. The van der Waals surface area contributed by atoms with Gasteiger partial charge in [-0.2, -0.15) is 0 Å². The van der Waals surface area contributed by atoms with Gasteiger partial charge in [-0.05, 0) is 12.8 Å². The Kier molecular flexibility index (Phi) is 4.14. The topological polar surface area (TPSA) is 46.3 Å². The lowest BCUT2D eigenvalue weighted by molar-refractivity contribution is -0.127. The molecule has 1 amide bonds. The summed E-state index contributed by atoms with van der Waals surface area (Å²) in [5, 5.41) is 0. The Labute approximate surface area is 86.0 Å². The van der Waals surface area contributed by atoms with Gasteiger partial charge in [0.25, 0.3) is 0 Å². The summed E-state index contributed by atoms with van der Waals surface area (Å²) in [6.07, 6.45) is 4.39. The van der Waals surface area contributed by atoms with Gasteiger partial charge in [-0.1, -0.05) is 13.0 Å². The molecule has 0 radical (unpaired) electrons. The fraction of sp³-hybridized carbons (Fsp3) is 0.727. The first kappa shape index (κ1) is 11.2. The van der Waals surface area contributed by atoms with Crippen LogP contribution in [0, 0.1) is 5.92 Å². The van der Waals surface area contributed by atoms with Crippen molar-refractivity contribution in [2.45, 2.75) is 32.2 Å². The molecule has 1 heterocycles. The molecule has 2 atom stereocenters. The zero-order chi connectivity index (χ0) is 10.6. The maximum absolute atomic E-state index is 11.5. The van der Waals surface area contributed by atoms with Crippen LogP contribution in [0.3, 0.4) is 0 Å². The number of hydrogen-bond donors (Lipinski definition) is 1. The van der Waals surface area contributed by atoms with E-state index < -0.39 is 0 Å². The predicted octanol–water partition coefficient (Wildman–Crippen LogP) is 1.15. The molecule has 80 valence electrons. The number of nitrogens with two attached hydrogens (primary N) is 1. The quantitative estimate of drug-likeness (QED) is 0.670. The number of carbonyl (C=O) groups excluding carboxylic acids is 1. The second kappa shape index (κ2) is 5.15. The fourth-order valence-corrected chi connectivity index (χ4v) is 1.70. The van der Waals surface area contributed by atoms with E-state index in [9.17, 15) is 4.79 Å². The monoisotopic (exact) mass is 196 g/mol. The summed E-state index contributed by atoms with van der Waals surface area (Å²) in [7, 11) is 0. The van der Waals surface area contributed by atoms with Crippen LogP contribution in [0.4, 0.5) is 0 Å². The number of nitrogens with zero attached hydrogens (tertiary/aromatic N) is 1. The molecule has 14 heavy (non-hydrogen) atoms. The standard InChI is InChI=1S/C11H20N2O/c1-3-9-7-11(14)13(8-9)6-5-10(12)4-2/h3,9-10H,1,4-8,12H2,2H3. The van der Waals surface area contributed by atoms with Gasteiger partial charge in [0.1, 0.15) is 0 Å². The minimum Gasteiger partial charge on any atom is -0.342 e. The van der Waals surface area contributed by atoms with Crippen LogP contribution in [0.25, 0.3) is 0 Å². The average Bonchev–Trinajstić information content (AvgIpc) is 2.55. The minimum atomic E-state index is 0.227. The van der Waals surface area contributed by atoms with Crippen molar-refractivity contribution < 1.29 is 4.79 Å². The first-order chi connectivity index (χ1) is 6.67. The summed E-state index contributed by atoms with van der Waals surface area (Å²) in [5.41, 5.74) is 5.81. The third-order valence-electron chi connectivity index (χ3n) is 2.87. The number of likely N-dealkylation sites (tertiary alicyclic amines) is 1. The molecule has 1 rings (SSSR count). The summed E-state index contributed by atoms with van der Waals surface area (Å²) in [4.78, 5) is 13.4. The molecule has 1 aliphatic rings. The number of amides is 1. The van der Waals surface area contributed by atoms with Crippen LogP contribution in [0.5, 0.6) is 0 Å². The van der Waals surface area contributed by atoms with Crippen molar-refractivity contribution in [2.24, 2.45) is 11.7 Å². The van der Waals surface area contributed by atoms with Gasteiger partial charge in [-0.3, -0.25) is 4.79 Å². The summed E-state index contributed by atoms with van der Waals surface area (Å²) in [5.74, 6) is 0.596. The summed E-state index contributed by atoms with van der Waals surface area (Å²) in [6.45, 7) is 7.43. The summed E-state index contributed by atoms with van der Waals surface area (Å²) < 4.78 is 0. The Balaban J connectivity index is 2.31. The lowest BCUT2D eigenvalue weighted by atomic mass is 10.1. The van der Waals surface area contributed by atoms with Crippen LogP contribution in [-0.4, -0.2) is 29.9 Å². The molecular weight excluding hydrogens is 176 g/mol. The van der Waals surface area contributed by atoms with Crippen LogP contribution >= 0.6 is 0 Å². The molecular formula is C11H20N2O. The highest BCUT2D eigenvalue weighted by atomic mass is 16.2. The van der Waals surface area contributed by atoms with Crippen molar-refractivity contribution in [3.8, 4) is 0 Å². The molecule has 0 aromatic rings. The van der Waals surface area contributed by atoms with E-state index in [1.54, 1.807) is 0 Å². The summed E-state index contributed by atoms with van der Waals surface area (Å²) in [6, 6.07) is 0.227. The van der Waals surface area contributed by atoms with Gasteiger partial charge in [-0.15, -0.1) is 6.58 Å². The van der Waals surface area contributed by atoms with Gasteiger partial charge in [0.05, 0.1) is 0 Å². The molecule has 1 fully saturated rings. The molecule has 3 nitrogen and oxygen atoms in total. The first-order valence-electron chi connectivity index (χ1n) is 5.33. The fourth-order valence-electron chi connectivity index (χ4n) is 1.70. The lowest BCUT2D eigenvalue weighted by Crippen LogP contribution is -2.31. The molecule has 0 aromatic carbocycles. The highest BCUT2D eigenvalue weighted by molar-refractivity contribution is 5.78. The molecule has 0 saturated carbocycles. The van der Waals surface area contributed by atoms with Gasteiger partial charge >= 0.3 is 0 Å². The second-order valence-electron chi connectivity index (χ2n) is 4.00. The summed E-state index contributed by atoms with van der Waals surface area (Å²) >= 11 is 0. The van der Waals surface area contributed by atoms with E-state index in [-0.39, 0.29) is 11.9 Å². The van der Waals surface area contributed by atoms with Gasteiger partial charge in [-0.25, -0.2) is 0 Å². The largest absolute Gasteiger partial charge is 0.342 e. The van der Waals surface area contributed by atoms with Crippen LogP contribution < -0.4 is 5.73 Å². The zero-order valence-corrected chi connectivity index (χ0v) is 8.91. The molecule has 1 saturated heterocycles. The predicted molar refractivity (Wildman–Crippen MR) is 57.8 cm³/mol. The third-order valence-corrected chi connectivity index (χ3v) is 2.87. The third kappa shape index (κ3) is 2.84. The Morgan fingerprint density at radius 3 is 3.00 bits per heavy atom. The Bertz CT molecular complexity index is 215. The van der Waals surface area contributed by atoms with Crippen molar-refractivity contribution in [1.82, 2.24) is 4.90 Å². The molecule has 1 aliphatic heterocycles. The highest BCUT2D eigenvalue weighted by Gasteiger charge is 2.27. The van der Waals surface area contributed by atoms with Crippen molar-refractivity contribution >= 4 is 5.91 Å². The van der Waals surface area contributed by atoms with Crippen molar-refractivity contribution in [1.29, 1.82) is 0 Å². The van der Waals surface area contributed by atoms with E-state index in [1.165, 1.54) is 0 Å². The molecule has 0 spiro atoms. The maximum Gasteiger partial charge on any atom is 0.223 e. The van der Waals surface area contributed by atoms with Crippen molar-refractivity contribution in [3.05, 3.63) is 12.7 Å². The number of rotatable bonds is 5. The van der Waals surface area contributed by atoms with E-state index in [0.29, 0.717) is 12.3 Å². The normalized spacial score (nSPS) is 24.0. The smallest absolute Gasteiger partial charge is 0.223 e. The van der Waals surface area contributed by atoms with E-state index in [1.807, 2.05) is 11.0 Å². The molecule has 0 bridgehead atoms. The van der Waals surface area contributed by atoms with Gasteiger partial charge in [0.15, 0.2) is 0 Å². The number of carbonyl (C=O) groups is 1. The zero-order valence-electron chi connectivity index (χ0n) is 8.91. The number of hydrogen-bond acceptors (Lipinski definition) is 2. The van der Waals surface area contributed by atoms with E-state index in [2.05, 4.69) is 13.5 Å². The Morgan fingerprint density at radius 1 is 1.79 bits per heavy atom.